The van der Waals surface area contributed by atoms with E-state index in [9.17, 15) is 8.78 Å². The van der Waals surface area contributed by atoms with E-state index in [-0.39, 0.29) is 23.0 Å². The zero-order chi connectivity index (χ0) is 15.0. The van der Waals surface area contributed by atoms with Crippen molar-refractivity contribution in [3.63, 3.8) is 0 Å². The number of methoxy groups -OCH3 is 2. The molecule has 1 aliphatic carbocycles. The summed E-state index contributed by atoms with van der Waals surface area (Å²) in [6.07, 6.45) is 4.46. The summed E-state index contributed by atoms with van der Waals surface area (Å²) in [5.74, 6) is -1.21. The molecular weight excluding hydrogens is 276 g/mol. The maximum atomic E-state index is 14.5. The monoisotopic (exact) mass is 297 g/mol. The largest absolute Gasteiger partial charge is 0.494 e. The number of rotatable bonds is 4. The third-order valence-electron chi connectivity index (χ3n) is 4.83. The molecule has 0 amide bonds. The average molecular weight is 297 g/mol. The summed E-state index contributed by atoms with van der Waals surface area (Å²) < 4.78 is 39.0. The normalized spacial score (nSPS) is 23.1. The van der Waals surface area contributed by atoms with Crippen LogP contribution < -0.4 is 9.47 Å². The van der Waals surface area contributed by atoms with E-state index in [2.05, 4.69) is 4.90 Å². The highest BCUT2D eigenvalue weighted by molar-refractivity contribution is 5.43. The fourth-order valence-corrected chi connectivity index (χ4v) is 3.37. The maximum absolute atomic E-state index is 14.5. The van der Waals surface area contributed by atoms with Gasteiger partial charge in [-0.15, -0.1) is 0 Å². The quantitative estimate of drug-likeness (QED) is 0.851. The van der Waals surface area contributed by atoms with Gasteiger partial charge in [-0.05, 0) is 25.8 Å². The molecular formula is C16H21F2NO2. The molecule has 1 aliphatic heterocycles. The van der Waals surface area contributed by atoms with E-state index < -0.39 is 11.6 Å². The molecule has 1 aromatic carbocycles. The Hall–Kier alpha value is -1.36. The van der Waals surface area contributed by atoms with Crippen molar-refractivity contribution in [1.82, 2.24) is 4.90 Å². The van der Waals surface area contributed by atoms with Gasteiger partial charge in [-0.3, -0.25) is 4.90 Å². The molecule has 1 heterocycles. The third-order valence-corrected chi connectivity index (χ3v) is 4.83. The minimum absolute atomic E-state index is 0.0466. The van der Waals surface area contributed by atoms with E-state index in [4.69, 9.17) is 9.47 Å². The van der Waals surface area contributed by atoms with Gasteiger partial charge in [-0.2, -0.15) is 0 Å². The van der Waals surface area contributed by atoms with Gasteiger partial charge in [0.25, 0.3) is 0 Å². The van der Waals surface area contributed by atoms with Gasteiger partial charge < -0.3 is 9.47 Å². The van der Waals surface area contributed by atoms with Crippen molar-refractivity contribution in [2.75, 3.05) is 27.3 Å². The summed E-state index contributed by atoms with van der Waals surface area (Å²) in [6, 6.07) is 1.88. The Kier molecular flexibility index (Phi) is 4.02. The first kappa shape index (κ1) is 14.6. The molecule has 3 rings (SSSR count). The molecule has 0 bridgehead atoms. The summed E-state index contributed by atoms with van der Waals surface area (Å²) in [4.78, 5) is 2.36. The van der Waals surface area contributed by atoms with E-state index in [1.807, 2.05) is 0 Å². The number of hydrogen-bond donors (Lipinski definition) is 0. The van der Waals surface area contributed by atoms with E-state index in [0.29, 0.717) is 6.04 Å². The molecule has 1 atom stereocenters. The van der Waals surface area contributed by atoms with Crippen LogP contribution in [0.3, 0.4) is 0 Å². The topological polar surface area (TPSA) is 21.7 Å². The molecule has 1 saturated carbocycles. The van der Waals surface area contributed by atoms with Gasteiger partial charge in [-0.25, -0.2) is 8.78 Å². The Bertz CT molecular complexity index is 503. The number of nitrogens with zero attached hydrogens (tertiary/aromatic N) is 1. The molecule has 0 N–H and O–H groups in total. The first-order valence-electron chi connectivity index (χ1n) is 7.49. The predicted octanol–water partition coefficient (Wildman–Crippen LogP) is 3.32. The van der Waals surface area contributed by atoms with Crippen LogP contribution in [0.15, 0.2) is 6.07 Å². The summed E-state index contributed by atoms with van der Waals surface area (Å²) in [7, 11) is 2.77. The van der Waals surface area contributed by atoms with Gasteiger partial charge in [0, 0.05) is 30.1 Å². The number of ether oxygens (including phenoxy) is 2. The predicted molar refractivity (Wildman–Crippen MR) is 76.0 cm³/mol. The number of likely N-dealkylation sites (tertiary alicyclic amines) is 1. The Morgan fingerprint density at radius 1 is 1.05 bits per heavy atom. The molecule has 3 nitrogen and oxygen atoms in total. The van der Waals surface area contributed by atoms with Crippen LogP contribution in [-0.4, -0.2) is 38.3 Å². The molecule has 1 unspecified atom stereocenters. The molecule has 21 heavy (non-hydrogen) atoms. The number of halogens is 2. The van der Waals surface area contributed by atoms with E-state index in [1.165, 1.54) is 39.5 Å². The van der Waals surface area contributed by atoms with Crippen molar-refractivity contribution in [1.29, 1.82) is 0 Å². The molecule has 0 spiro atoms. The lowest BCUT2D eigenvalue weighted by molar-refractivity contribution is 0.156. The Balaban J connectivity index is 1.90. The molecule has 0 radical (unpaired) electrons. The second-order valence-corrected chi connectivity index (χ2v) is 5.89. The second kappa shape index (κ2) is 5.79. The first-order chi connectivity index (χ1) is 10.2. The average Bonchev–Trinajstić information content (AvgIpc) is 2.86. The van der Waals surface area contributed by atoms with Gasteiger partial charge in [0.15, 0.2) is 23.1 Å². The smallest absolute Gasteiger partial charge is 0.171 e. The highest BCUT2D eigenvalue weighted by atomic mass is 19.1. The van der Waals surface area contributed by atoms with Crippen molar-refractivity contribution in [2.24, 2.45) is 0 Å². The zero-order valence-electron chi connectivity index (χ0n) is 12.5. The lowest BCUT2D eigenvalue weighted by atomic mass is 9.91. The molecule has 0 aromatic heterocycles. The van der Waals surface area contributed by atoms with Crippen LogP contribution >= 0.6 is 0 Å². The van der Waals surface area contributed by atoms with Gasteiger partial charge >= 0.3 is 0 Å². The first-order valence-corrected chi connectivity index (χ1v) is 7.49. The molecule has 116 valence electrons. The fraction of sp³-hybridized carbons (Fsp3) is 0.625. The minimum Gasteiger partial charge on any atom is -0.494 e. The molecule has 2 aliphatic rings. The van der Waals surface area contributed by atoms with E-state index in [1.54, 1.807) is 0 Å². The Morgan fingerprint density at radius 3 is 2.14 bits per heavy atom. The molecule has 5 heteroatoms. The van der Waals surface area contributed by atoms with Crippen LogP contribution in [0.25, 0.3) is 0 Å². The highest BCUT2D eigenvalue weighted by Gasteiger charge is 2.36. The van der Waals surface area contributed by atoms with Crippen LogP contribution in [-0.2, 0) is 0 Å². The van der Waals surface area contributed by atoms with Crippen molar-refractivity contribution < 1.29 is 18.3 Å². The van der Waals surface area contributed by atoms with E-state index in [0.717, 1.165) is 19.5 Å². The van der Waals surface area contributed by atoms with Gasteiger partial charge in [0.05, 0.1) is 14.2 Å². The van der Waals surface area contributed by atoms with Crippen molar-refractivity contribution in [3.05, 3.63) is 23.3 Å². The maximum Gasteiger partial charge on any atom is 0.171 e. The van der Waals surface area contributed by atoms with Crippen molar-refractivity contribution in [2.45, 2.75) is 37.6 Å². The van der Waals surface area contributed by atoms with Crippen LogP contribution in [0, 0.1) is 11.6 Å². The molecule has 1 aromatic rings. The minimum atomic E-state index is -0.587. The van der Waals surface area contributed by atoms with Crippen molar-refractivity contribution in [3.8, 4) is 11.5 Å². The third kappa shape index (κ3) is 2.48. The van der Waals surface area contributed by atoms with Gasteiger partial charge in [0.2, 0.25) is 0 Å². The SMILES string of the molecule is COc1cc(OC)c(F)c(C2CCN(C3CCC3)C2)c1F. The van der Waals surface area contributed by atoms with E-state index >= 15 is 0 Å². The summed E-state index contributed by atoms with van der Waals surface area (Å²) in [5, 5.41) is 0. The lowest BCUT2D eigenvalue weighted by Crippen LogP contribution is -2.38. The van der Waals surface area contributed by atoms with Crippen LogP contribution in [0.2, 0.25) is 0 Å². The standard InChI is InChI=1S/C16H21F2NO2/c1-20-12-8-13(21-2)16(18)14(15(12)17)10-6-7-19(9-10)11-4-3-5-11/h8,10-11H,3-7,9H2,1-2H3. The van der Waals surface area contributed by atoms with Gasteiger partial charge in [0.1, 0.15) is 0 Å². The second-order valence-electron chi connectivity index (χ2n) is 5.89. The number of benzene rings is 1. The summed E-state index contributed by atoms with van der Waals surface area (Å²) >= 11 is 0. The highest BCUT2D eigenvalue weighted by Crippen LogP contribution is 2.40. The van der Waals surface area contributed by atoms with Gasteiger partial charge in [-0.1, -0.05) is 6.42 Å². The summed E-state index contributed by atoms with van der Waals surface area (Å²) in [5.41, 5.74) is 0.119. The van der Waals surface area contributed by atoms with Crippen molar-refractivity contribution >= 4 is 0 Å². The lowest BCUT2D eigenvalue weighted by Gasteiger charge is -2.34. The van der Waals surface area contributed by atoms with Crippen LogP contribution in [0.1, 0.15) is 37.2 Å². The Morgan fingerprint density at radius 2 is 1.67 bits per heavy atom. The number of hydrogen-bond acceptors (Lipinski definition) is 3. The summed E-state index contributed by atoms with van der Waals surface area (Å²) in [6.45, 7) is 1.63. The zero-order valence-corrected chi connectivity index (χ0v) is 12.5. The Labute approximate surface area is 123 Å². The van der Waals surface area contributed by atoms with Crippen LogP contribution in [0.5, 0.6) is 11.5 Å². The van der Waals surface area contributed by atoms with Crippen LogP contribution in [0.4, 0.5) is 8.78 Å². The molecule has 2 fully saturated rings. The fourth-order valence-electron chi connectivity index (χ4n) is 3.37. The molecule has 1 saturated heterocycles.